The van der Waals surface area contributed by atoms with E-state index in [1.54, 1.807) is 0 Å². The third kappa shape index (κ3) is 4.86. The molecule has 1 heterocycles. The van der Waals surface area contributed by atoms with E-state index in [0.29, 0.717) is 26.3 Å². The van der Waals surface area contributed by atoms with Crippen molar-refractivity contribution in [3.63, 3.8) is 0 Å². The number of carbonyl (C=O) groups excluding carboxylic acids is 2. The zero-order chi connectivity index (χ0) is 16.7. The zero-order valence-corrected chi connectivity index (χ0v) is 13.3. The minimum absolute atomic E-state index is 0.0392. The van der Waals surface area contributed by atoms with Crippen LogP contribution in [0.25, 0.3) is 0 Å². The van der Waals surface area contributed by atoms with Gasteiger partial charge in [-0.25, -0.2) is 0 Å². The normalized spacial score (nSPS) is 20.0. The van der Waals surface area contributed by atoms with Crippen molar-refractivity contribution >= 4 is 11.8 Å². The summed E-state index contributed by atoms with van der Waals surface area (Å²) in [5.41, 5.74) is 1.12. The molecule has 126 valence electrons. The third-order valence-corrected chi connectivity index (χ3v) is 4.04. The molecule has 1 aliphatic rings. The van der Waals surface area contributed by atoms with Gasteiger partial charge in [0, 0.05) is 19.5 Å². The van der Waals surface area contributed by atoms with Gasteiger partial charge in [-0.1, -0.05) is 30.3 Å². The van der Waals surface area contributed by atoms with Gasteiger partial charge in [0.05, 0.1) is 38.9 Å². The van der Waals surface area contributed by atoms with Gasteiger partial charge in [0.25, 0.3) is 0 Å². The Kier molecular flexibility index (Phi) is 6.70. The fourth-order valence-corrected chi connectivity index (χ4v) is 2.71. The maximum atomic E-state index is 12.5. The first-order valence-electron chi connectivity index (χ1n) is 7.72. The zero-order valence-electron chi connectivity index (χ0n) is 13.3. The number of rotatable bonds is 7. The highest BCUT2D eigenvalue weighted by Crippen LogP contribution is 2.17. The monoisotopic (exact) mass is 321 g/mol. The van der Waals surface area contributed by atoms with E-state index >= 15 is 0 Å². The summed E-state index contributed by atoms with van der Waals surface area (Å²) >= 11 is 0. The summed E-state index contributed by atoms with van der Waals surface area (Å²) in [5, 5.41) is 9.28. The number of morpholine rings is 1. The molecule has 1 aliphatic heterocycles. The van der Waals surface area contributed by atoms with Gasteiger partial charge in [-0.2, -0.15) is 0 Å². The van der Waals surface area contributed by atoms with Crippen LogP contribution >= 0.6 is 0 Å². The second kappa shape index (κ2) is 8.76. The van der Waals surface area contributed by atoms with E-state index in [1.165, 1.54) is 7.11 Å². The largest absolute Gasteiger partial charge is 0.469 e. The molecule has 0 radical (unpaired) electrons. The summed E-state index contributed by atoms with van der Waals surface area (Å²) in [7, 11) is 1.25. The molecule has 23 heavy (non-hydrogen) atoms. The molecule has 0 unspecified atom stereocenters. The molecule has 1 saturated heterocycles. The Hall–Kier alpha value is -1.76. The van der Waals surface area contributed by atoms with Crippen LogP contribution in [0.1, 0.15) is 12.0 Å². The molecule has 0 saturated carbocycles. The van der Waals surface area contributed by atoms with Crippen molar-refractivity contribution in [3.05, 3.63) is 35.9 Å². The van der Waals surface area contributed by atoms with Gasteiger partial charge in [0.15, 0.2) is 5.78 Å². The number of hydrogen-bond donors (Lipinski definition) is 1. The van der Waals surface area contributed by atoms with Gasteiger partial charge in [-0.3, -0.25) is 14.5 Å². The number of esters is 1. The first-order valence-corrected chi connectivity index (χ1v) is 7.72. The first-order chi connectivity index (χ1) is 11.2. The Bertz CT molecular complexity index is 519. The molecular formula is C17H23NO5. The molecule has 2 rings (SSSR count). The predicted octanol–water partition coefficient (Wildman–Crippen LogP) is 0.628. The summed E-state index contributed by atoms with van der Waals surface area (Å²) in [5.74, 6) is -1.48. The molecule has 0 aliphatic carbocycles. The SMILES string of the molecule is COC(=O)[C@@H](CO)CC(=O)[C@H]1COCCN1Cc1ccccc1. The number of aliphatic hydroxyl groups excluding tert-OH is 1. The van der Waals surface area contributed by atoms with Crippen LogP contribution in [-0.4, -0.2) is 61.3 Å². The Morgan fingerprint density at radius 3 is 2.78 bits per heavy atom. The van der Waals surface area contributed by atoms with Crippen molar-refractivity contribution in [2.24, 2.45) is 5.92 Å². The molecule has 2 atom stereocenters. The average molecular weight is 321 g/mol. The maximum absolute atomic E-state index is 12.5. The molecule has 0 spiro atoms. The highest BCUT2D eigenvalue weighted by Gasteiger charge is 2.32. The number of hydrogen-bond acceptors (Lipinski definition) is 6. The van der Waals surface area contributed by atoms with Crippen LogP contribution in [0, 0.1) is 5.92 Å². The molecule has 0 bridgehead atoms. The van der Waals surface area contributed by atoms with Crippen LogP contribution in [0.4, 0.5) is 0 Å². The molecule has 0 amide bonds. The van der Waals surface area contributed by atoms with E-state index in [-0.39, 0.29) is 12.2 Å². The lowest BCUT2D eigenvalue weighted by Crippen LogP contribution is -2.50. The van der Waals surface area contributed by atoms with E-state index in [0.717, 1.165) is 5.56 Å². The number of Topliss-reactive ketones (excluding diaryl/α,β-unsaturated/α-hetero) is 1. The molecule has 0 aromatic heterocycles. The average Bonchev–Trinajstić information content (AvgIpc) is 2.60. The van der Waals surface area contributed by atoms with E-state index in [9.17, 15) is 14.7 Å². The lowest BCUT2D eigenvalue weighted by atomic mass is 9.97. The van der Waals surface area contributed by atoms with Crippen molar-refractivity contribution < 1.29 is 24.2 Å². The maximum Gasteiger partial charge on any atom is 0.311 e. The summed E-state index contributed by atoms with van der Waals surface area (Å²) in [6, 6.07) is 9.51. The highest BCUT2D eigenvalue weighted by atomic mass is 16.5. The summed E-state index contributed by atoms with van der Waals surface area (Å²) < 4.78 is 10.0. The standard InChI is InChI=1S/C17H23NO5/c1-22-17(21)14(11-19)9-16(20)15-12-23-8-7-18(15)10-13-5-3-2-4-6-13/h2-6,14-15,19H,7-12H2,1H3/t14-,15-/m1/s1. The van der Waals surface area contributed by atoms with Crippen molar-refractivity contribution in [2.45, 2.75) is 19.0 Å². The van der Waals surface area contributed by atoms with Gasteiger partial charge >= 0.3 is 5.97 Å². The Morgan fingerprint density at radius 1 is 1.39 bits per heavy atom. The smallest absolute Gasteiger partial charge is 0.311 e. The van der Waals surface area contributed by atoms with Gasteiger partial charge in [-0.05, 0) is 5.56 Å². The Morgan fingerprint density at radius 2 is 2.13 bits per heavy atom. The van der Waals surface area contributed by atoms with Gasteiger partial charge in [0.2, 0.25) is 0 Å². The number of benzene rings is 1. The molecule has 1 N–H and O–H groups in total. The minimum Gasteiger partial charge on any atom is -0.469 e. The third-order valence-electron chi connectivity index (χ3n) is 4.04. The number of ketones is 1. The van der Waals surface area contributed by atoms with E-state index < -0.39 is 24.5 Å². The topological polar surface area (TPSA) is 76.1 Å². The van der Waals surface area contributed by atoms with Crippen LogP contribution in [-0.2, 0) is 25.6 Å². The minimum atomic E-state index is -0.812. The first kappa shape index (κ1) is 17.6. The number of carbonyl (C=O) groups is 2. The van der Waals surface area contributed by atoms with Crippen molar-refractivity contribution in [1.29, 1.82) is 0 Å². The summed E-state index contributed by atoms with van der Waals surface area (Å²) in [4.78, 5) is 26.2. The Balaban J connectivity index is 2.02. The summed E-state index contributed by atoms with van der Waals surface area (Å²) in [6.45, 7) is 1.81. The molecule has 6 nitrogen and oxygen atoms in total. The van der Waals surface area contributed by atoms with Crippen LogP contribution in [0.15, 0.2) is 30.3 Å². The fourth-order valence-electron chi connectivity index (χ4n) is 2.71. The second-order valence-electron chi connectivity index (χ2n) is 5.62. The van der Waals surface area contributed by atoms with Crippen LogP contribution < -0.4 is 0 Å². The quantitative estimate of drug-likeness (QED) is 0.742. The Labute approximate surface area is 136 Å². The van der Waals surface area contributed by atoms with Crippen LogP contribution in [0.3, 0.4) is 0 Å². The van der Waals surface area contributed by atoms with Crippen molar-refractivity contribution in [3.8, 4) is 0 Å². The molecule has 1 aromatic carbocycles. The van der Waals surface area contributed by atoms with E-state index in [1.807, 2.05) is 30.3 Å². The second-order valence-corrected chi connectivity index (χ2v) is 5.62. The molecule has 1 fully saturated rings. The van der Waals surface area contributed by atoms with E-state index in [4.69, 9.17) is 4.74 Å². The molecular weight excluding hydrogens is 298 g/mol. The molecule has 1 aromatic rings. The van der Waals surface area contributed by atoms with Crippen LogP contribution in [0.2, 0.25) is 0 Å². The number of nitrogens with zero attached hydrogens (tertiary/aromatic N) is 1. The van der Waals surface area contributed by atoms with Gasteiger partial charge < -0.3 is 14.6 Å². The lowest BCUT2D eigenvalue weighted by molar-refractivity contribution is -0.150. The van der Waals surface area contributed by atoms with Gasteiger partial charge in [-0.15, -0.1) is 0 Å². The number of ether oxygens (including phenoxy) is 2. The fraction of sp³-hybridized carbons (Fsp3) is 0.529. The summed E-state index contributed by atoms with van der Waals surface area (Å²) in [6.07, 6.45) is -0.0392. The lowest BCUT2D eigenvalue weighted by Gasteiger charge is -2.35. The predicted molar refractivity (Wildman–Crippen MR) is 83.7 cm³/mol. The number of aliphatic hydroxyl groups is 1. The highest BCUT2D eigenvalue weighted by molar-refractivity contribution is 5.88. The van der Waals surface area contributed by atoms with Crippen LogP contribution in [0.5, 0.6) is 0 Å². The van der Waals surface area contributed by atoms with Gasteiger partial charge in [0.1, 0.15) is 0 Å². The van der Waals surface area contributed by atoms with Crippen molar-refractivity contribution in [2.75, 3.05) is 33.5 Å². The molecule has 6 heteroatoms. The number of methoxy groups -OCH3 is 1. The van der Waals surface area contributed by atoms with E-state index in [2.05, 4.69) is 9.64 Å². The van der Waals surface area contributed by atoms with Crippen molar-refractivity contribution in [1.82, 2.24) is 4.90 Å².